The topological polar surface area (TPSA) is 38.7 Å². The molecule has 3 heteroatoms. The summed E-state index contributed by atoms with van der Waals surface area (Å²) in [6.45, 7) is 4.67. The van der Waals surface area contributed by atoms with Crippen molar-refractivity contribution in [1.29, 1.82) is 0 Å². The molecule has 0 radical (unpaired) electrons. The smallest absolute Gasteiger partial charge is 0.164 e. The van der Waals surface area contributed by atoms with Crippen molar-refractivity contribution in [3.63, 3.8) is 0 Å². The maximum atomic E-state index is 5.19. The number of hydrogen-bond donors (Lipinski definition) is 0. The first-order valence-corrected chi connectivity index (χ1v) is 16.1. The fourth-order valence-electron chi connectivity index (χ4n) is 7.46. The van der Waals surface area contributed by atoms with E-state index >= 15 is 0 Å². The SMILES string of the molecule is CC1(C)c2cccc(-c3nc(-c4ccccc4)nc(-c4ccc(-c5cccc6ccccc56)cc4)n3)c2-c2ccc3ccccc3c21. The normalized spacial score (nSPS) is 13.1. The molecule has 0 atom stereocenters. The van der Waals surface area contributed by atoms with Crippen molar-refractivity contribution in [3.05, 3.63) is 163 Å². The molecular weight excluding hydrogens is 571 g/mol. The highest BCUT2D eigenvalue weighted by molar-refractivity contribution is 6.01. The molecule has 8 aromatic rings. The summed E-state index contributed by atoms with van der Waals surface area (Å²) >= 11 is 0. The Morgan fingerprint density at radius 3 is 1.70 bits per heavy atom. The van der Waals surface area contributed by atoms with Crippen LogP contribution in [0.2, 0.25) is 0 Å². The van der Waals surface area contributed by atoms with E-state index in [4.69, 9.17) is 15.0 Å². The third-order valence-electron chi connectivity index (χ3n) is 9.71. The molecule has 1 aromatic heterocycles. The first-order chi connectivity index (χ1) is 23.1. The van der Waals surface area contributed by atoms with E-state index in [2.05, 4.69) is 147 Å². The number of nitrogens with zero attached hydrogens (tertiary/aromatic N) is 3. The van der Waals surface area contributed by atoms with Crippen molar-refractivity contribution in [2.75, 3.05) is 0 Å². The Morgan fingerprint density at radius 2 is 0.936 bits per heavy atom. The van der Waals surface area contributed by atoms with Gasteiger partial charge in [-0.2, -0.15) is 0 Å². The zero-order valence-electron chi connectivity index (χ0n) is 26.3. The van der Waals surface area contributed by atoms with Crippen LogP contribution in [0.15, 0.2) is 152 Å². The zero-order valence-corrected chi connectivity index (χ0v) is 26.3. The van der Waals surface area contributed by atoms with Crippen LogP contribution in [-0.4, -0.2) is 15.0 Å². The maximum absolute atomic E-state index is 5.19. The molecule has 0 spiro atoms. The Morgan fingerprint density at radius 1 is 0.383 bits per heavy atom. The summed E-state index contributed by atoms with van der Waals surface area (Å²) in [6, 6.07) is 53.6. The standard InChI is InChI=1S/C44H31N3/c1-44(2)38-21-11-20-37(39(38)36-27-26-29-13-7-9-18-35(29)40(36)44)43-46-41(31-14-4-3-5-15-31)45-42(47-43)32-24-22-30(23-25-32)34-19-10-16-28-12-6-8-17-33(28)34/h3-27H,1-2H3. The Labute approximate surface area is 274 Å². The lowest BCUT2D eigenvalue weighted by Gasteiger charge is -2.23. The molecule has 1 heterocycles. The largest absolute Gasteiger partial charge is 0.208 e. The molecule has 3 nitrogen and oxygen atoms in total. The summed E-state index contributed by atoms with van der Waals surface area (Å²) in [4.78, 5) is 15.4. The average molecular weight is 602 g/mol. The van der Waals surface area contributed by atoms with Crippen molar-refractivity contribution in [3.8, 4) is 56.4 Å². The highest BCUT2D eigenvalue weighted by Crippen LogP contribution is 2.54. The second-order valence-electron chi connectivity index (χ2n) is 12.8. The van der Waals surface area contributed by atoms with Crippen molar-refractivity contribution in [1.82, 2.24) is 15.0 Å². The lowest BCUT2D eigenvalue weighted by molar-refractivity contribution is 0.666. The molecule has 222 valence electrons. The zero-order chi connectivity index (χ0) is 31.5. The second-order valence-corrected chi connectivity index (χ2v) is 12.8. The quantitative estimate of drug-likeness (QED) is 0.201. The molecule has 0 aliphatic heterocycles. The number of fused-ring (bicyclic) bond motifs is 6. The molecule has 0 amide bonds. The van der Waals surface area contributed by atoms with Crippen molar-refractivity contribution in [2.45, 2.75) is 19.3 Å². The summed E-state index contributed by atoms with van der Waals surface area (Å²) in [5.41, 5.74) is 10.3. The first kappa shape index (κ1) is 27.4. The molecule has 1 aliphatic rings. The van der Waals surface area contributed by atoms with Gasteiger partial charge in [-0.1, -0.05) is 166 Å². The summed E-state index contributed by atoms with van der Waals surface area (Å²) in [5, 5.41) is 5.03. The van der Waals surface area contributed by atoms with Gasteiger partial charge in [-0.25, -0.2) is 15.0 Å². The fourth-order valence-corrected chi connectivity index (χ4v) is 7.46. The lowest BCUT2D eigenvalue weighted by atomic mass is 9.80. The van der Waals surface area contributed by atoms with Gasteiger partial charge in [0, 0.05) is 22.1 Å². The summed E-state index contributed by atoms with van der Waals surface area (Å²) in [5.74, 6) is 2.00. The van der Waals surface area contributed by atoms with Gasteiger partial charge in [0.15, 0.2) is 17.5 Å². The van der Waals surface area contributed by atoms with Crippen LogP contribution in [0, 0.1) is 0 Å². The first-order valence-electron chi connectivity index (χ1n) is 16.1. The second kappa shape index (κ2) is 10.6. The van der Waals surface area contributed by atoms with Gasteiger partial charge in [-0.05, 0) is 54.9 Å². The number of rotatable bonds is 4. The predicted molar refractivity (Wildman–Crippen MR) is 194 cm³/mol. The van der Waals surface area contributed by atoms with E-state index < -0.39 is 0 Å². The Balaban J connectivity index is 1.22. The van der Waals surface area contributed by atoms with Crippen LogP contribution in [0.25, 0.3) is 78.0 Å². The van der Waals surface area contributed by atoms with Gasteiger partial charge < -0.3 is 0 Å². The molecule has 0 saturated carbocycles. The van der Waals surface area contributed by atoms with Crippen molar-refractivity contribution in [2.24, 2.45) is 0 Å². The Bertz CT molecular complexity index is 2470. The maximum Gasteiger partial charge on any atom is 0.164 e. The fraction of sp³-hybridized carbons (Fsp3) is 0.0682. The van der Waals surface area contributed by atoms with Crippen LogP contribution in [0.1, 0.15) is 25.0 Å². The molecule has 0 bridgehead atoms. The van der Waals surface area contributed by atoms with Gasteiger partial charge in [0.2, 0.25) is 0 Å². The summed E-state index contributed by atoms with van der Waals surface area (Å²) in [6.07, 6.45) is 0. The molecule has 9 rings (SSSR count). The molecular formula is C44H31N3. The molecule has 0 N–H and O–H groups in total. The van der Waals surface area contributed by atoms with Crippen LogP contribution in [0.5, 0.6) is 0 Å². The molecule has 0 fully saturated rings. The number of aromatic nitrogens is 3. The highest BCUT2D eigenvalue weighted by Gasteiger charge is 2.38. The summed E-state index contributed by atoms with van der Waals surface area (Å²) < 4.78 is 0. The van der Waals surface area contributed by atoms with Crippen molar-refractivity contribution < 1.29 is 0 Å². The molecule has 47 heavy (non-hydrogen) atoms. The minimum atomic E-state index is -0.170. The molecule has 1 aliphatic carbocycles. The van der Waals surface area contributed by atoms with Crippen LogP contribution in [-0.2, 0) is 5.41 Å². The Hall–Kier alpha value is -5.93. The van der Waals surface area contributed by atoms with Gasteiger partial charge in [0.25, 0.3) is 0 Å². The monoisotopic (exact) mass is 601 g/mol. The number of benzene rings is 7. The third-order valence-corrected chi connectivity index (χ3v) is 9.71. The minimum Gasteiger partial charge on any atom is -0.208 e. The van der Waals surface area contributed by atoms with Crippen LogP contribution in [0.3, 0.4) is 0 Å². The molecule has 7 aromatic carbocycles. The summed E-state index contributed by atoms with van der Waals surface area (Å²) in [7, 11) is 0. The van der Waals surface area contributed by atoms with Gasteiger partial charge in [-0.15, -0.1) is 0 Å². The van der Waals surface area contributed by atoms with Gasteiger partial charge >= 0.3 is 0 Å². The third kappa shape index (κ3) is 4.39. The van der Waals surface area contributed by atoms with E-state index in [9.17, 15) is 0 Å². The van der Waals surface area contributed by atoms with E-state index in [-0.39, 0.29) is 5.41 Å². The van der Waals surface area contributed by atoms with E-state index in [1.807, 2.05) is 18.2 Å². The Kier molecular flexibility index (Phi) is 6.16. The number of hydrogen-bond acceptors (Lipinski definition) is 3. The van der Waals surface area contributed by atoms with E-state index in [1.165, 1.54) is 49.4 Å². The van der Waals surface area contributed by atoms with E-state index in [0.29, 0.717) is 17.5 Å². The molecule has 0 unspecified atom stereocenters. The lowest BCUT2D eigenvalue weighted by Crippen LogP contribution is -2.15. The van der Waals surface area contributed by atoms with Crippen molar-refractivity contribution >= 4 is 21.5 Å². The van der Waals surface area contributed by atoms with Crippen LogP contribution < -0.4 is 0 Å². The van der Waals surface area contributed by atoms with Gasteiger partial charge in [0.05, 0.1) is 0 Å². The van der Waals surface area contributed by atoms with Crippen LogP contribution in [0.4, 0.5) is 0 Å². The van der Waals surface area contributed by atoms with Crippen LogP contribution >= 0.6 is 0 Å². The predicted octanol–water partition coefficient (Wildman–Crippen LogP) is 11.2. The van der Waals surface area contributed by atoms with E-state index in [0.717, 1.165) is 22.3 Å². The van der Waals surface area contributed by atoms with E-state index in [1.54, 1.807) is 0 Å². The van der Waals surface area contributed by atoms with Gasteiger partial charge in [0.1, 0.15) is 0 Å². The highest BCUT2D eigenvalue weighted by atomic mass is 15.0. The van der Waals surface area contributed by atoms with Gasteiger partial charge in [-0.3, -0.25) is 0 Å². The molecule has 0 saturated heterocycles. The minimum absolute atomic E-state index is 0.170. The average Bonchev–Trinajstić information content (AvgIpc) is 3.38.